The standard InChI is InChI=1S/C11H14ClNO3/c1-13-6-9(14)11(15)8-5-7(12)3-4-10(8)16-2/h3-5,9,13-14H,6H2,1-2H3. The smallest absolute Gasteiger partial charge is 0.196 e. The fourth-order valence-electron chi connectivity index (χ4n) is 1.34. The summed E-state index contributed by atoms with van der Waals surface area (Å²) in [6, 6.07) is 4.71. The van der Waals surface area contributed by atoms with Crippen LogP contribution < -0.4 is 10.1 Å². The molecule has 0 aliphatic rings. The van der Waals surface area contributed by atoms with E-state index in [-0.39, 0.29) is 12.1 Å². The fourth-order valence-corrected chi connectivity index (χ4v) is 1.51. The zero-order valence-corrected chi connectivity index (χ0v) is 9.91. The van der Waals surface area contributed by atoms with Crippen LogP contribution in [0, 0.1) is 0 Å². The molecule has 0 fully saturated rings. The number of methoxy groups -OCH3 is 1. The number of likely N-dealkylation sites (N-methyl/N-ethyl adjacent to an activating group) is 1. The van der Waals surface area contributed by atoms with Gasteiger partial charge in [0.25, 0.3) is 0 Å². The molecule has 16 heavy (non-hydrogen) atoms. The second-order valence-corrected chi connectivity index (χ2v) is 3.72. The first-order valence-electron chi connectivity index (χ1n) is 4.80. The summed E-state index contributed by atoms with van der Waals surface area (Å²) in [7, 11) is 3.12. The second-order valence-electron chi connectivity index (χ2n) is 3.28. The van der Waals surface area contributed by atoms with Gasteiger partial charge in [-0.25, -0.2) is 0 Å². The van der Waals surface area contributed by atoms with Crippen molar-refractivity contribution in [3.63, 3.8) is 0 Å². The summed E-state index contributed by atoms with van der Waals surface area (Å²) in [6.07, 6.45) is -1.10. The normalized spacial score (nSPS) is 12.2. The van der Waals surface area contributed by atoms with Gasteiger partial charge in [-0.1, -0.05) is 11.6 Å². The number of carbonyl (C=O) groups is 1. The van der Waals surface area contributed by atoms with Gasteiger partial charge in [-0.15, -0.1) is 0 Å². The van der Waals surface area contributed by atoms with Crippen LogP contribution in [0.1, 0.15) is 10.4 Å². The molecule has 1 unspecified atom stereocenters. The first-order chi connectivity index (χ1) is 7.60. The molecule has 0 radical (unpaired) electrons. The number of rotatable bonds is 5. The molecule has 0 saturated heterocycles. The molecule has 0 aliphatic carbocycles. The minimum atomic E-state index is -1.10. The van der Waals surface area contributed by atoms with Gasteiger partial charge in [0, 0.05) is 11.6 Å². The van der Waals surface area contributed by atoms with Crippen molar-refractivity contribution in [1.29, 1.82) is 0 Å². The fraction of sp³-hybridized carbons (Fsp3) is 0.364. The summed E-state index contributed by atoms with van der Waals surface area (Å²) >= 11 is 5.79. The Bertz CT molecular complexity index is 381. The van der Waals surface area contributed by atoms with Gasteiger partial charge in [0.15, 0.2) is 5.78 Å². The SMILES string of the molecule is CNCC(O)C(=O)c1cc(Cl)ccc1OC. The van der Waals surface area contributed by atoms with Crippen LogP contribution in [-0.2, 0) is 0 Å². The lowest BCUT2D eigenvalue weighted by atomic mass is 10.1. The molecule has 1 atom stereocenters. The topological polar surface area (TPSA) is 58.6 Å². The van der Waals surface area contributed by atoms with Crippen LogP contribution in [0.25, 0.3) is 0 Å². The quantitative estimate of drug-likeness (QED) is 0.761. The molecule has 0 aromatic heterocycles. The Morgan fingerprint density at radius 3 is 2.88 bits per heavy atom. The van der Waals surface area contributed by atoms with Crippen molar-refractivity contribution < 1.29 is 14.6 Å². The third-order valence-corrected chi connectivity index (χ3v) is 2.36. The van der Waals surface area contributed by atoms with Gasteiger partial charge in [-0.3, -0.25) is 4.79 Å². The molecule has 1 aromatic carbocycles. The number of aliphatic hydroxyl groups excluding tert-OH is 1. The summed E-state index contributed by atoms with van der Waals surface area (Å²) in [5.74, 6) is -0.00162. The number of hydrogen-bond acceptors (Lipinski definition) is 4. The predicted octanol–water partition coefficient (Wildman–Crippen LogP) is 1.11. The van der Waals surface area contributed by atoms with Crippen molar-refractivity contribution in [2.45, 2.75) is 6.10 Å². The van der Waals surface area contributed by atoms with Crippen molar-refractivity contribution in [2.75, 3.05) is 20.7 Å². The van der Waals surface area contributed by atoms with Gasteiger partial charge in [0.2, 0.25) is 0 Å². The molecule has 4 nitrogen and oxygen atoms in total. The lowest BCUT2D eigenvalue weighted by Crippen LogP contribution is -2.31. The highest BCUT2D eigenvalue weighted by molar-refractivity contribution is 6.31. The Balaban J connectivity index is 3.01. The lowest BCUT2D eigenvalue weighted by Gasteiger charge is -2.12. The second kappa shape index (κ2) is 5.84. The predicted molar refractivity (Wildman–Crippen MR) is 62.3 cm³/mol. The summed E-state index contributed by atoms with van der Waals surface area (Å²) in [4.78, 5) is 11.8. The maximum absolute atomic E-state index is 11.8. The monoisotopic (exact) mass is 243 g/mol. The third kappa shape index (κ3) is 2.95. The number of ether oxygens (including phenoxy) is 1. The minimum absolute atomic E-state index is 0.189. The molecule has 0 spiro atoms. The van der Waals surface area contributed by atoms with E-state index in [4.69, 9.17) is 16.3 Å². The van der Waals surface area contributed by atoms with E-state index in [1.165, 1.54) is 13.2 Å². The van der Waals surface area contributed by atoms with Gasteiger partial charge in [-0.2, -0.15) is 0 Å². The first-order valence-corrected chi connectivity index (χ1v) is 5.18. The lowest BCUT2D eigenvalue weighted by molar-refractivity contribution is 0.0747. The summed E-state index contributed by atoms with van der Waals surface area (Å²) in [5, 5.41) is 12.7. The van der Waals surface area contributed by atoms with E-state index in [2.05, 4.69) is 5.32 Å². The average molecular weight is 244 g/mol. The van der Waals surface area contributed by atoms with Gasteiger partial charge >= 0.3 is 0 Å². The molecule has 0 amide bonds. The van der Waals surface area contributed by atoms with Crippen LogP contribution in [0.5, 0.6) is 5.75 Å². The van der Waals surface area contributed by atoms with Gasteiger partial charge < -0.3 is 15.2 Å². The van der Waals surface area contributed by atoms with E-state index in [0.29, 0.717) is 10.8 Å². The maximum Gasteiger partial charge on any atom is 0.196 e. The van der Waals surface area contributed by atoms with Crippen LogP contribution in [0.2, 0.25) is 5.02 Å². The largest absolute Gasteiger partial charge is 0.496 e. The van der Waals surface area contributed by atoms with Gasteiger partial charge in [-0.05, 0) is 25.2 Å². The molecule has 2 N–H and O–H groups in total. The number of nitrogens with one attached hydrogen (secondary N) is 1. The summed E-state index contributed by atoms with van der Waals surface area (Å²) in [6.45, 7) is 0.189. The maximum atomic E-state index is 11.8. The molecule has 0 saturated carbocycles. The number of hydrogen-bond donors (Lipinski definition) is 2. The van der Waals surface area contributed by atoms with Gasteiger partial charge in [0.1, 0.15) is 11.9 Å². The van der Waals surface area contributed by atoms with Gasteiger partial charge in [0.05, 0.1) is 12.7 Å². The summed E-state index contributed by atoms with van der Waals surface area (Å²) in [5.41, 5.74) is 0.290. The van der Waals surface area contributed by atoms with E-state index in [1.807, 2.05) is 0 Å². The molecule has 5 heteroatoms. The van der Waals surface area contributed by atoms with Crippen molar-refractivity contribution in [1.82, 2.24) is 5.32 Å². The van der Waals surface area contributed by atoms with E-state index >= 15 is 0 Å². The Kier molecular flexibility index (Phi) is 4.73. The van der Waals surface area contributed by atoms with E-state index in [0.717, 1.165) is 0 Å². The first kappa shape index (κ1) is 13.0. The van der Waals surface area contributed by atoms with Crippen molar-refractivity contribution in [2.24, 2.45) is 0 Å². The molecule has 1 aromatic rings. The molecule has 88 valence electrons. The zero-order chi connectivity index (χ0) is 12.1. The zero-order valence-electron chi connectivity index (χ0n) is 9.16. The van der Waals surface area contributed by atoms with Crippen molar-refractivity contribution >= 4 is 17.4 Å². The highest BCUT2D eigenvalue weighted by Crippen LogP contribution is 2.23. The van der Waals surface area contributed by atoms with E-state index < -0.39 is 11.9 Å². The minimum Gasteiger partial charge on any atom is -0.496 e. The third-order valence-electron chi connectivity index (χ3n) is 2.13. The highest BCUT2D eigenvalue weighted by atomic mass is 35.5. The Morgan fingerprint density at radius 1 is 1.62 bits per heavy atom. The Hall–Kier alpha value is -1.10. The van der Waals surface area contributed by atoms with Crippen LogP contribution >= 0.6 is 11.6 Å². The number of Topliss-reactive ketones (excluding diaryl/α,β-unsaturated/α-hetero) is 1. The van der Waals surface area contributed by atoms with Crippen molar-refractivity contribution in [3.8, 4) is 5.75 Å². The molecule has 0 heterocycles. The molecule has 0 aliphatic heterocycles. The molecule has 0 bridgehead atoms. The highest BCUT2D eigenvalue weighted by Gasteiger charge is 2.20. The van der Waals surface area contributed by atoms with Crippen LogP contribution in [0.15, 0.2) is 18.2 Å². The number of aliphatic hydroxyl groups is 1. The molecular weight excluding hydrogens is 230 g/mol. The number of halogens is 1. The Labute approximate surface area is 99.2 Å². The van der Waals surface area contributed by atoms with Crippen LogP contribution in [-0.4, -0.2) is 37.7 Å². The van der Waals surface area contributed by atoms with Crippen molar-refractivity contribution in [3.05, 3.63) is 28.8 Å². The van der Waals surface area contributed by atoms with Crippen LogP contribution in [0.3, 0.4) is 0 Å². The number of benzene rings is 1. The van der Waals surface area contributed by atoms with Crippen LogP contribution in [0.4, 0.5) is 0 Å². The molecule has 1 rings (SSSR count). The number of ketones is 1. The van der Waals surface area contributed by atoms with E-state index in [1.54, 1.807) is 19.2 Å². The Morgan fingerprint density at radius 2 is 2.31 bits per heavy atom. The van der Waals surface area contributed by atoms with E-state index in [9.17, 15) is 9.90 Å². The molecular formula is C11H14ClNO3. The summed E-state index contributed by atoms with van der Waals surface area (Å²) < 4.78 is 5.04. The average Bonchev–Trinajstić information content (AvgIpc) is 2.28. The number of carbonyl (C=O) groups excluding carboxylic acids is 1.